The quantitative estimate of drug-likeness (QED) is 0.433. The minimum absolute atomic E-state index is 0.00483. The molecule has 0 aliphatic rings. The second-order valence-electron chi connectivity index (χ2n) is 4.83. The summed E-state index contributed by atoms with van der Waals surface area (Å²) >= 11 is 3.01. The minimum atomic E-state index is -4.47. The molecule has 0 saturated carbocycles. The summed E-state index contributed by atoms with van der Waals surface area (Å²) in [5, 5.41) is 4.59. The average Bonchev–Trinajstić information content (AvgIpc) is 3.23. The number of aromatic nitrogens is 1. The lowest BCUT2D eigenvalue weighted by atomic mass is 10.1. The lowest BCUT2D eigenvalue weighted by molar-refractivity contribution is -0.137. The summed E-state index contributed by atoms with van der Waals surface area (Å²) in [5.74, 6) is -0.494. The fourth-order valence-electron chi connectivity index (χ4n) is 1.98. The van der Waals surface area contributed by atoms with Crippen molar-refractivity contribution in [3.63, 3.8) is 0 Å². The zero-order chi connectivity index (χ0) is 17.2. The monoisotopic (exact) mass is 365 g/mol. The Balaban J connectivity index is 1.76. The van der Waals surface area contributed by atoms with Gasteiger partial charge in [0.1, 0.15) is 5.01 Å². The molecule has 0 fully saturated rings. The van der Waals surface area contributed by atoms with Crippen molar-refractivity contribution in [3.05, 3.63) is 70.1 Å². The van der Waals surface area contributed by atoms with Gasteiger partial charge in [0.25, 0.3) is 0 Å². The van der Waals surface area contributed by atoms with Gasteiger partial charge in [-0.1, -0.05) is 18.2 Å². The second-order valence-corrected chi connectivity index (χ2v) is 6.64. The van der Waals surface area contributed by atoms with E-state index in [4.69, 9.17) is 0 Å². The lowest BCUT2D eigenvalue weighted by Crippen LogP contribution is -2.06. The number of rotatable bonds is 4. The second kappa shape index (κ2) is 6.70. The molecule has 2 aromatic heterocycles. The Labute approximate surface area is 143 Å². The Kier molecular flexibility index (Phi) is 4.64. The van der Waals surface area contributed by atoms with E-state index in [0.717, 1.165) is 22.0 Å². The molecule has 0 aliphatic heterocycles. The summed E-state index contributed by atoms with van der Waals surface area (Å²) < 4.78 is 38.0. The average molecular weight is 365 g/mol. The third kappa shape index (κ3) is 3.80. The number of carbonyl (C=O) groups excluding carboxylic acids is 1. The van der Waals surface area contributed by atoms with E-state index < -0.39 is 17.5 Å². The molecule has 0 bridgehead atoms. The van der Waals surface area contributed by atoms with Gasteiger partial charge >= 0.3 is 6.18 Å². The Morgan fingerprint density at radius 1 is 1.12 bits per heavy atom. The summed E-state index contributed by atoms with van der Waals surface area (Å²) in [5.41, 5.74) is -0.242. The fourth-order valence-corrected chi connectivity index (χ4v) is 3.58. The van der Waals surface area contributed by atoms with Crippen molar-refractivity contribution in [3.8, 4) is 9.88 Å². The molecule has 0 radical (unpaired) electrons. The predicted molar refractivity (Wildman–Crippen MR) is 90.2 cm³/mol. The van der Waals surface area contributed by atoms with Gasteiger partial charge in [0.2, 0.25) is 0 Å². The van der Waals surface area contributed by atoms with Crippen LogP contribution < -0.4 is 0 Å². The third-order valence-electron chi connectivity index (χ3n) is 3.13. The number of carbonyl (C=O) groups is 1. The predicted octanol–water partition coefficient (Wildman–Crippen LogP) is 5.79. The number of thiophene rings is 1. The molecule has 0 aliphatic carbocycles. The van der Waals surface area contributed by atoms with Crippen molar-refractivity contribution in [2.45, 2.75) is 6.18 Å². The number of allylic oxidation sites excluding steroid dienone is 1. The number of hydrogen-bond donors (Lipinski definition) is 0. The van der Waals surface area contributed by atoms with Gasteiger partial charge in [-0.2, -0.15) is 13.2 Å². The zero-order valence-corrected chi connectivity index (χ0v) is 13.7. The van der Waals surface area contributed by atoms with E-state index in [2.05, 4.69) is 4.98 Å². The number of ketones is 1. The van der Waals surface area contributed by atoms with Crippen LogP contribution in [0, 0.1) is 0 Å². The molecule has 0 amide bonds. The first kappa shape index (κ1) is 16.6. The molecule has 2 nitrogen and oxygen atoms in total. The van der Waals surface area contributed by atoms with E-state index in [1.165, 1.54) is 35.6 Å². The molecular formula is C17H10F3NOS2. The summed E-state index contributed by atoms with van der Waals surface area (Å²) in [6.07, 6.45) is -1.72. The van der Waals surface area contributed by atoms with Gasteiger partial charge in [0, 0.05) is 10.9 Å². The highest BCUT2D eigenvalue weighted by atomic mass is 32.1. The molecular weight excluding hydrogens is 355 g/mol. The van der Waals surface area contributed by atoms with E-state index in [1.807, 2.05) is 17.5 Å². The van der Waals surface area contributed by atoms with Crippen molar-refractivity contribution >= 4 is 34.5 Å². The summed E-state index contributed by atoms with van der Waals surface area (Å²) in [6.45, 7) is 0. The van der Waals surface area contributed by atoms with Crippen LogP contribution in [0.5, 0.6) is 0 Å². The maximum absolute atomic E-state index is 12.7. The third-order valence-corrected chi connectivity index (χ3v) is 5.03. The normalized spacial score (nSPS) is 12.0. The maximum atomic E-state index is 12.7. The molecule has 24 heavy (non-hydrogen) atoms. The van der Waals surface area contributed by atoms with Gasteiger partial charge in [0.05, 0.1) is 16.1 Å². The first-order valence-corrected chi connectivity index (χ1v) is 8.58. The summed E-state index contributed by atoms with van der Waals surface area (Å²) in [4.78, 5) is 17.5. The van der Waals surface area contributed by atoms with E-state index in [-0.39, 0.29) is 5.56 Å². The topological polar surface area (TPSA) is 30.0 Å². The highest BCUT2D eigenvalue weighted by molar-refractivity contribution is 7.20. The van der Waals surface area contributed by atoms with Crippen LogP contribution in [0.3, 0.4) is 0 Å². The molecule has 7 heteroatoms. The van der Waals surface area contributed by atoms with Crippen LogP contribution in [0.15, 0.2) is 53.2 Å². The van der Waals surface area contributed by atoms with Crippen molar-refractivity contribution < 1.29 is 18.0 Å². The van der Waals surface area contributed by atoms with Crippen LogP contribution in [-0.4, -0.2) is 10.8 Å². The molecule has 0 atom stereocenters. The van der Waals surface area contributed by atoms with Crippen LogP contribution in [0.25, 0.3) is 16.0 Å². The number of benzene rings is 1. The SMILES string of the molecule is O=C(C=Cc1csc(-c2cccs2)n1)c1cccc(C(F)(F)F)c1. The van der Waals surface area contributed by atoms with Crippen LogP contribution in [0.4, 0.5) is 13.2 Å². The smallest absolute Gasteiger partial charge is 0.289 e. The standard InChI is InChI=1S/C17H10F3NOS2/c18-17(19,20)12-4-1-3-11(9-12)14(22)7-6-13-10-24-16(21-13)15-5-2-8-23-15/h1-10H. The molecule has 3 aromatic rings. The van der Waals surface area contributed by atoms with E-state index >= 15 is 0 Å². The van der Waals surface area contributed by atoms with E-state index in [9.17, 15) is 18.0 Å². The Hall–Kier alpha value is -2.25. The molecule has 0 saturated heterocycles. The van der Waals surface area contributed by atoms with Crippen LogP contribution in [-0.2, 0) is 6.18 Å². The summed E-state index contributed by atoms with van der Waals surface area (Å²) in [7, 11) is 0. The minimum Gasteiger partial charge on any atom is -0.289 e. The fraction of sp³-hybridized carbons (Fsp3) is 0.0588. The van der Waals surface area contributed by atoms with Gasteiger partial charge in [-0.15, -0.1) is 22.7 Å². The number of nitrogens with zero attached hydrogens (tertiary/aromatic N) is 1. The molecule has 0 unspecified atom stereocenters. The molecule has 122 valence electrons. The van der Waals surface area contributed by atoms with E-state index in [1.54, 1.807) is 16.7 Å². The number of alkyl halides is 3. The summed E-state index contributed by atoms with van der Waals surface area (Å²) in [6, 6.07) is 8.25. The first-order valence-electron chi connectivity index (χ1n) is 6.82. The van der Waals surface area contributed by atoms with Crippen LogP contribution >= 0.6 is 22.7 Å². The Bertz CT molecular complexity index is 879. The first-order chi connectivity index (χ1) is 11.4. The van der Waals surface area contributed by atoms with Gasteiger partial charge < -0.3 is 0 Å². The van der Waals surface area contributed by atoms with Crippen molar-refractivity contribution in [2.24, 2.45) is 0 Å². The molecule has 1 aromatic carbocycles. The molecule has 3 rings (SSSR count). The molecule has 0 N–H and O–H groups in total. The van der Waals surface area contributed by atoms with Gasteiger partial charge in [0.15, 0.2) is 5.78 Å². The maximum Gasteiger partial charge on any atom is 0.416 e. The van der Waals surface area contributed by atoms with Crippen LogP contribution in [0.2, 0.25) is 0 Å². The van der Waals surface area contributed by atoms with Crippen LogP contribution in [0.1, 0.15) is 21.6 Å². The Morgan fingerprint density at radius 2 is 1.96 bits per heavy atom. The number of thiazole rings is 1. The molecule has 0 spiro atoms. The molecule has 2 heterocycles. The van der Waals surface area contributed by atoms with E-state index in [0.29, 0.717) is 5.69 Å². The van der Waals surface area contributed by atoms with Crippen molar-refractivity contribution in [1.29, 1.82) is 0 Å². The van der Waals surface area contributed by atoms with Gasteiger partial charge in [-0.25, -0.2) is 4.98 Å². The zero-order valence-electron chi connectivity index (χ0n) is 12.1. The Morgan fingerprint density at radius 3 is 2.67 bits per heavy atom. The van der Waals surface area contributed by atoms with Gasteiger partial charge in [-0.3, -0.25) is 4.79 Å². The lowest BCUT2D eigenvalue weighted by Gasteiger charge is -2.06. The largest absolute Gasteiger partial charge is 0.416 e. The number of halogens is 3. The van der Waals surface area contributed by atoms with Gasteiger partial charge in [-0.05, 0) is 35.7 Å². The van der Waals surface area contributed by atoms with Crippen molar-refractivity contribution in [2.75, 3.05) is 0 Å². The highest BCUT2D eigenvalue weighted by Gasteiger charge is 2.30. The van der Waals surface area contributed by atoms with Crippen molar-refractivity contribution in [1.82, 2.24) is 4.98 Å². The number of hydrogen-bond acceptors (Lipinski definition) is 4. The highest BCUT2D eigenvalue weighted by Crippen LogP contribution is 2.30.